The van der Waals surface area contributed by atoms with E-state index in [1.165, 1.54) is 24.5 Å². The van der Waals surface area contributed by atoms with Crippen LogP contribution in [0.15, 0.2) is 59.8 Å². The smallest absolute Gasteiger partial charge is 0.493 e. The van der Waals surface area contributed by atoms with Gasteiger partial charge in [0.05, 0.1) is 11.9 Å². The van der Waals surface area contributed by atoms with Crippen LogP contribution in [0.25, 0.3) is 5.69 Å². The number of hydrogen-bond donors (Lipinski definition) is 2. The molecule has 0 saturated heterocycles. The van der Waals surface area contributed by atoms with Crippen LogP contribution in [-0.2, 0) is 4.79 Å². The Kier molecular flexibility index (Phi) is 5.07. The predicted octanol–water partition coefficient (Wildman–Crippen LogP) is 1.93. The van der Waals surface area contributed by atoms with Gasteiger partial charge in [-0.05, 0) is 42.0 Å². The minimum absolute atomic E-state index is 0.107. The number of nitrogens with one attached hydrogen (secondary N) is 1. The summed E-state index contributed by atoms with van der Waals surface area (Å²) in [6.45, 7) is 0. The number of pyridine rings is 1. The fourth-order valence-electron chi connectivity index (χ4n) is 2.62. The summed E-state index contributed by atoms with van der Waals surface area (Å²) in [6.07, 6.45) is -1.33. The minimum atomic E-state index is -4.85. The highest BCUT2D eigenvalue weighted by molar-refractivity contribution is 5.48. The molecule has 11 heteroatoms. The number of imidazole rings is 1. The van der Waals surface area contributed by atoms with E-state index in [-0.39, 0.29) is 5.69 Å². The number of halogens is 3. The number of alkyl halides is 3. The second-order valence-corrected chi connectivity index (χ2v) is 5.52. The van der Waals surface area contributed by atoms with Crippen molar-refractivity contribution in [3.63, 3.8) is 0 Å². The first-order chi connectivity index (χ1) is 13.3. The molecule has 0 aliphatic carbocycles. The van der Waals surface area contributed by atoms with Crippen LogP contribution in [0.5, 0.6) is 11.6 Å². The summed E-state index contributed by atoms with van der Waals surface area (Å²) < 4.78 is 42.5. The number of aromatic hydroxyl groups is 1. The third kappa shape index (κ3) is 3.98. The zero-order valence-corrected chi connectivity index (χ0v) is 14.0. The van der Waals surface area contributed by atoms with E-state index in [4.69, 9.17) is 0 Å². The van der Waals surface area contributed by atoms with Crippen LogP contribution in [0.3, 0.4) is 0 Å². The zero-order chi connectivity index (χ0) is 20.3. The molecular formula is C17H13F3N4O4. The molecule has 2 heterocycles. The number of nitrogens with zero attached hydrogens (tertiary/aromatic N) is 3. The molecule has 1 amide bonds. The fourth-order valence-corrected chi connectivity index (χ4v) is 2.62. The lowest BCUT2D eigenvalue weighted by Crippen LogP contribution is -2.34. The van der Waals surface area contributed by atoms with Gasteiger partial charge in [0.1, 0.15) is 11.9 Å². The fraction of sp³-hybridized carbons (Fsp3) is 0.118. The van der Waals surface area contributed by atoms with Crippen molar-refractivity contribution >= 4 is 6.41 Å². The van der Waals surface area contributed by atoms with E-state index in [1.807, 2.05) is 0 Å². The van der Waals surface area contributed by atoms with Crippen LogP contribution < -0.4 is 15.7 Å². The van der Waals surface area contributed by atoms with Crippen LogP contribution in [-0.4, -0.2) is 32.0 Å². The first-order valence-electron chi connectivity index (χ1n) is 7.79. The summed E-state index contributed by atoms with van der Waals surface area (Å²) in [5.74, 6) is -0.943. The lowest BCUT2D eigenvalue weighted by Gasteiger charge is -2.16. The molecule has 1 aromatic carbocycles. The molecule has 0 spiro atoms. The Labute approximate surface area is 155 Å². The summed E-state index contributed by atoms with van der Waals surface area (Å²) in [5.41, 5.74) is -0.0937. The standard InChI is InChI=1S/C17H13F3N4O4/c18-17(19,20)28-13-3-1-12(2-4-13)24-14(26)9-23(16(24)27)15(22-10-25)11-5-7-21-8-6-11/h1-10,15,26H,(H,22,25). The number of aromatic nitrogens is 3. The molecule has 1 unspecified atom stereocenters. The molecular weight excluding hydrogens is 381 g/mol. The number of rotatable bonds is 6. The zero-order valence-electron chi connectivity index (χ0n) is 14.0. The van der Waals surface area contributed by atoms with Gasteiger partial charge >= 0.3 is 12.1 Å². The molecule has 3 rings (SSSR count). The second kappa shape index (κ2) is 7.47. The van der Waals surface area contributed by atoms with Crippen molar-refractivity contribution in [1.29, 1.82) is 0 Å². The van der Waals surface area contributed by atoms with Gasteiger partial charge < -0.3 is 15.2 Å². The van der Waals surface area contributed by atoms with Crippen molar-refractivity contribution in [1.82, 2.24) is 19.4 Å². The molecule has 2 N–H and O–H groups in total. The SMILES string of the molecule is O=CNC(c1ccncc1)n1cc(O)n(-c2ccc(OC(F)(F)F)cc2)c1=O. The predicted molar refractivity (Wildman–Crippen MR) is 90.0 cm³/mol. The van der Waals surface area contributed by atoms with Gasteiger partial charge in [0.15, 0.2) is 0 Å². The number of amides is 1. The number of ether oxygens (including phenoxy) is 1. The first-order valence-corrected chi connectivity index (χ1v) is 7.79. The molecule has 8 nitrogen and oxygen atoms in total. The topological polar surface area (TPSA) is 98.4 Å². The number of carbonyl (C=O) groups excluding carboxylic acids is 1. The van der Waals surface area contributed by atoms with Crippen LogP contribution in [0.1, 0.15) is 11.7 Å². The molecule has 1 atom stereocenters. The van der Waals surface area contributed by atoms with Gasteiger partial charge in [-0.2, -0.15) is 0 Å². The highest BCUT2D eigenvalue weighted by Gasteiger charge is 2.31. The van der Waals surface area contributed by atoms with E-state index in [1.54, 1.807) is 12.1 Å². The van der Waals surface area contributed by atoms with Gasteiger partial charge in [0, 0.05) is 12.4 Å². The number of benzene rings is 1. The Morgan fingerprint density at radius 1 is 1.14 bits per heavy atom. The molecule has 0 fully saturated rings. The Bertz CT molecular complexity index is 1010. The van der Waals surface area contributed by atoms with Crippen LogP contribution in [0, 0.1) is 0 Å². The van der Waals surface area contributed by atoms with Crippen LogP contribution in [0.4, 0.5) is 13.2 Å². The van der Waals surface area contributed by atoms with Gasteiger partial charge in [-0.15, -0.1) is 13.2 Å². The Morgan fingerprint density at radius 2 is 1.79 bits per heavy atom. The molecule has 0 aliphatic rings. The van der Waals surface area contributed by atoms with E-state index < -0.39 is 29.8 Å². The normalized spacial score (nSPS) is 12.4. The second-order valence-electron chi connectivity index (χ2n) is 5.52. The van der Waals surface area contributed by atoms with Crippen molar-refractivity contribution in [2.45, 2.75) is 12.5 Å². The van der Waals surface area contributed by atoms with E-state index >= 15 is 0 Å². The van der Waals surface area contributed by atoms with Gasteiger partial charge in [-0.1, -0.05) is 0 Å². The van der Waals surface area contributed by atoms with Crippen molar-refractivity contribution in [3.8, 4) is 17.3 Å². The van der Waals surface area contributed by atoms with Crippen molar-refractivity contribution in [3.05, 3.63) is 71.0 Å². The summed E-state index contributed by atoms with van der Waals surface area (Å²) in [6, 6.07) is 7.53. The maximum Gasteiger partial charge on any atom is 0.573 e. The van der Waals surface area contributed by atoms with Gasteiger partial charge in [0.25, 0.3) is 0 Å². The number of carbonyl (C=O) groups is 1. The van der Waals surface area contributed by atoms with Crippen molar-refractivity contribution in [2.75, 3.05) is 0 Å². The minimum Gasteiger partial charge on any atom is -0.493 e. The van der Waals surface area contributed by atoms with Crippen LogP contribution in [0.2, 0.25) is 0 Å². The maximum atomic E-state index is 12.8. The average molecular weight is 394 g/mol. The van der Waals surface area contributed by atoms with Crippen molar-refractivity contribution < 1.29 is 27.8 Å². The Morgan fingerprint density at radius 3 is 2.36 bits per heavy atom. The molecule has 3 aromatic rings. The molecule has 0 bridgehead atoms. The van der Waals surface area contributed by atoms with Gasteiger partial charge in [-0.3, -0.25) is 14.3 Å². The lowest BCUT2D eigenvalue weighted by atomic mass is 10.2. The van der Waals surface area contributed by atoms with Gasteiger partial charge in [0.2, 0.25) is 12.3 Å². The lowest BCUT2D eigenvalue weighted by molar-refractivity contribution is -0.274. The molecule has 28 heavy (non-hydrogen) atoms. The van der Waals surface area contributed by atoms with Gasteiger partial charge in [-0.25, -0.2) is 9.36 Å². The molecule has 0 saturated carbocycles. The molecule has 2 aromatic heterocycles. The summed E-state index contributed by atoms with van der Waals surface area (Å²) in [4.78, 5) is 27.6. The Hall–Kier alpha value is -3.76. The maximum absolute atomic E-state index is 12.8. The summed E-state index contributed by atoms with van der Waals surface area (Å²) in [5, 5.41) is 12.7. The third-order valence-electron chi connectivity index (χ3n) is 3.75. The average Bonchev–Trinajstić information content (AvgIpc) is 2.94. The molecule has 146 valence electrons. The van der Waals surface area contributed by atoms with E-state index in [2.05, 4.69) is 15.0 Å². The highest BCUT2D eigenvalue weighted by atomic mass is 19.4. The largest absolute Gasteiger partial charge is 0.573 e. The Balaban J connectivity index is 2.00. The third-order valence-corrected chi connectivity index (χ3v) is 3.75. The van der Waals surface area contributed by atoms with Crippen LogP contribution >= 0.6 is 0 Å². The monoisotopic (exact) mass is 394 g/mol. The highest BCUT2D eigenvalue weighted by Crippen LogP contribution is 2.25. The first kappa shape index (κ1) is 19.0. The van der Waals surface area contributed by atoms with E-state index in [0.29, 0.717) is 12.0 Å². The van der Waals surface area contributed by atoms with E-state index in [9.17, 15) is 27.9 Å². The molecule has 0 aliphatic heterocycles. The summed E-state index contributed by atoms with van der Waals surface area (Å²) >= 11 is 0. The number of hydrogen-bond acceptors (Lipinski definition) is 5. The van der Waals surface area contributed by atoms with E-state index in [0.717, 1.165) is 27.5 Å². The van der Waals surface area contributed by atoms with Crippen molar-refractivity contribution in [2.24, 2.45) is 0 Å². The quantitative estimate of drug-likeness (QED) is 0.623. The summed E-state index contributed by atoms with van der Waals surface area (Å²) in [7, 11) is 0. The molecule has 0 radical (unpaired) electrons.